The molecule has 140 valence electrons. The lowest BCUT2D eigenvalue weighted by molar-refractivity contribution is -0.137. The van der Waals surface area contributed by atoms with Crippen LogP contribution >= 0.6 is 0 Å². The summed E-state index contributed by atoms with van der Waals surface area (Å²) in [5.74, 6) is -0.943. The van der Waals surface area contributed by atoms with Crippen molar-refractivity contribution in [2.45, 2.75) is 12.7 Å². The number of rotatable bonds is 3. The monoisotopic (exact) mass is 376 g/mol. The fourth-order valence-corrected chi connectivity index (χ4v) is 2.88. The molecular weight excluding hydrogens is 361 g/mol. The van der Waals surface area contributed by atoms with Crippen LogP contribution in [0.5, 0.6) is 0 Å². The van der Waals surface area contributed by atoms with Gasteiger partial charge in [0.05, 0.1) is 30.4 Å². The van der Waals surface area contributed by atoms with Crippen molar-refractivity contribution in [1.82, 2.24) is 4.57 Å². The maximum atomic E-state index is 13.1. The lowest BCUT2D eigenvalue weighted by Gasteiger charge is -2.17. The summed E-state index contributed by atoms with van der Waals surface area (Å²) in [7, 11) is 1.10. The molecule has 0 fully saturated rings. The van der Waals surface area contributed by atoms with E-state index in [0.29, 0.717) is 5.56 Å². The second-order valence-corrected chi connectivity index (χ2v) is 5.89. The van der Waals surface area contributed by atoms with Crippen LogP contribution < -0.4 is 11.3 Å². The third-order valence-electron chi connectivity index (χ3n) is 4.21. The SMILES string of the molecule is COC(=O)c1c(N)c2ccc(C(F)(F)F)cc2n(Cc2ccccc2)c1=O. The van der Waals surface area contributed by atoms with E-state index < -0.39 is 28.8 Å². The number of nitrogen functional groups attached to an aromatic ring is 1. The Bertz CT molecular complexity index is 1070. The standard InChI is InChI=1S/C19H15F3N2O3/c1-27-18(26)15-16(23)13-8-7-12(19(20,21)22)9-14(13)24(17(15)25)10-11-5-3-2-4-6-11/h2-9H,10,23H2,1H3. The van der Waals surface area contributed by atoms with Crippen LogP contribution in [0, 0.1) is 0 Å². The van der Waals surface area contributed by atoms with Crippen molar-refractivity contribution in [2.24, 2.45) is 0 Å². The molecule has 0 bridgehead atoms. The molecule has 0 aliphatic rings. The first-order chi connectivity index (χ1) is 12.7. The topological polar surface area (TPSA) is 74.3 Å². The van der Waals surface area contributed by atoms with Crippen LogP contribution in [0.2, 0.25) is 0 Å². The van der Waals surface area contributed by atoms with E-state index >= 15 is 0 Å². The van der Waals surface area contributed by atoms with Gasteiger partial charge >= 0.3 is 12.1 Å². The molecule has 0 radical (unpaired) electrons. The molecule has 2 aromatic carbocycles. The lowest BCUT2D eigenvalue weighted by atomic mass is 10.1. The zero-order chi connectivity index (χ0) is 19.8. The van der Waals surface area contributed by atoms with Crippen LogP contribution in [-0.4, -0.2) is 17.6 Å². The van der Waals surface area contributed by atoms with Gasteiger partial charge in [-0.1, -0.05) is 36.4 Å². The Morgan fingerprint density at radius 2 is 1.81 bits per heavy atom. The van der Waals surface area contributed by atoms with E-state index in [2.05, 4.69) is 4.74 Å². The molecule has 0 amide bonds. The summed E-state index contributed by atoms with van der Waals surface area (Å²) in [5.41, 5.74) is 4.26. The van der Waals surface area contributed by atoms with Crippen molar-refractivity contribution in [3.8, 4) is 0 Å². The van der Waals surface area contributed by atoms with E-state index in [1.165, 1.54) is 0 Å². The van der Waals surface area contributed by atoms with Crippen LogP contribution in [0.15, 0.2) is 53.3 Å². The van der Waals surface area contributed by atoms with Crippen molar-refractivity contribution < 1.29 is 22.7 Å². The Labute approximate surface area is 151 Å². The molecule has 8 heteroatoms. The molecule has 0 saturated carbocycles. The van der Waals surface area contributed by atoms with Gasteiger partial charge in [-0.15, -0.1) is 0 Å². The van der Waals surface area contributed by atoms with E-state index in [0.717, 1.165) is 29.9 Å². The van der Waals surface area contributed by atoms with Gasteiger partial charge < -0.3 is 15.0 Å². The van der Waals surface area contributed by atoms with Crippen LogP contribution in [0.1, 0.15) is 21.5 Å². The van der Waals surface area contributed by atoms with Crippen LogP contribution in [0.25, 0.3) is 10.9 Å². The number of carbonyl (C=O) groups excluding carboxylic acids is 1. The largest absolute Gasteiger partial charge is 0.465 e. The van der Waals surface area contributed by atoms with Gasteiger partial charge in [0, 0.05) is 5.39 Å². The minimum absolute atomic E-state index is 0.0103. The fraction of sp³-hybridized carbons (Fsp3) is 0.158. The number of benzene rings is 2. The van der Waals surface area contributed by atoms with Gasteiger partial charge in [0.25, 0.3) is 5.56 Å². The molecule has 0 unspecified atom stereocenters. The van der Waals surface area contributed by atoms with E-state index in [9.17, 15) is 22.8 Å². The van der Waals surface area contributed by atoms with Crippen molar-refractivity contribution in [3.05, 3.63) is 75.6 Å². The number of nitrogens with two attached hydrogens (primary N) is 1. The van der Waals surface area contributed by atoms with Crippen LogP contribution in [0.3, 0.4) is 0 Å². The third kappa shape index (κ3) is 3.38. The molecule has 3 aromatic rings. The fourth-order valence-electron chi connectivity index (χ4n) is 2.88. The predicted molar refractivity (Wildman–Crippen MR) is 94.5 cm³/mol. The molecular formula is C19H15F3N2O3. The number of carbonyl (C=O) groups is 1. The van der Waals surface area contributed by atoms with Gasteiger partial charge in [0.2, 0.25) is 0 Å². The zero-order valence-electron chi connectivity index (χ0n) is 14.2. The number of methoxy groups -OCH3 is 1. The van der Waals surface area contributed by atoms with Crippen molar-refractivity contribution in [1.29, 1.82) is 0 Å². The summed E-state index contributed by atoms with van der Waals surface area (Å²) in [6.45, 7) is -0.0260. The smallest absolute Gasteiger partial charge is 0.416 e. The molecule has 0 saturated heterocycles. The molecule has 27 heavy (non-hydrogen) atoms. The number of esters is 1. The van der Waals surface area contributed by atoms with Gasteiger partial charge in [0.1, 0.15) is 5.56 Å². The van der Waals surface area contributed by atoms with Crippen LogP contribution in [-0.2, 0) is 17.5 Å². The van der Waals surface area contributed by atoms with E-state index in [1.807, 2.05) is 0 Å². The molecule has 5 nitrogen and oxygen atoms in total. The van der Waals surface area contributed by atoms with Crippen molar-refractivity contribution >= 4 is 22.6 Å². The Morgan fingerprint density at radius 1 is 1.15 bits per heavy atom. The quantitative estimate of drug-likeness (QED) is 0.711. The highest BCUT2D eigenvalue weighted by Crippen LogP contribution is 2.33. The Hall–Kier alpha value is -3.29. The average molecular weight is 376 g/mol. The minimum atomic E-state index is -4.59. The molecule has 0 aliphatic carbocycles. The summed E-state index contributed by atoms with van der Waals surface area (Å²) in [6.07, 6.45) is -4.59. The number of halogens is 3. The molecule has 1 aromatic heterocycles. The maximum absolute atomic E-state index is 13.1. The molecule has 2 N–H and O–H groups in total. The van der Waals surface area contributed by atoms with E-state index in [-0.39, 0.29) is 23.1 Å². The maximum Gasteiger partial charge on any atom is 0.416 e. The van der Waals surface area contributed by atoms with Gasteiger partial charge in [-0.3, -0.25) is 4.79 Å². The highest BCUT2D eigenvalue weighted by atomic mass is 19.4. The van der Waals surface area contributed by atoms with Gasteiger partial charge in [-0.2, -0.15) is 13.2 Å². The second kappa shape index (κ2) is 6.79. The average Bonchev–Trinajstić information content (AvgIpc) is 2.64. The number of alkyl halides is 3. The minimum Gasteiger partial charge on any atom is -0.465 e. The third-order valence-corrected chi connectivity index (χ3v) is 4.21. The Kier molecular flexibility index (Phi) is 4.65. The lowest BCUT2D eigenvalue weighted by Crippen LogP contribution is -2.29. The van der Waals surface area contributed by atoms with Crippen LogP contribution in [0.4, 0.5) is 18.9 Å². The number of hydrogen-bond acceptors (Lipinski definition) is 4. The Morgan fingerprint density at radius 3 is 2.41 bits per heavy atom. The number of anilines is 1. The first-order valence-electron chi connectivity index (χ1n) is 7.89. The van der Waals surface area contributed by atoms with E-state index in [1.54, 1.807) is 30.3 Å². The second-order valence-electron chi connectivity index (χ2n) is 5.89. The number of pyridine rings is 1. The first kappa shape index (κ1) is 18.5. The van der Waals surface area contributed by atoms with Gasteiger partial charge in [-0.05, 0) is 17.7 Å². The van der Waals surface area contributed by atoms with Crippen molar-refractivity contribution in [3.63, 3.8) is 0 Å². The predicted octanol–water partition coefficient (Wildman–Crippen LogP) is 3.44. The molecule has 1 heterocycles. The van der Waals surface area contributed by atoms with E-state index in [4.69, 9.17) is 5.73 Å². The number of nitrogens with zero attached hydrogens (tertiary/aromatic N) is 1. The summed E-state index contributed by atoms with van der Waals surface area (Å²) in [5, 5.41) is 0.166. The highest BCUT2D eigenvalue weighted by Gasteiger charge is 2.31. The summed E-state index contributed by atoms with van der Waals surface area (Å²) >= 11 is 0. The highest BCUT2D eigenvalue weighted by molar-refractivity contribution is 6.04. The summed E-state index contributed by atoms with van der Waals surface area (Å²) in [6, 6.07) is 11.6. The molecule has 0 atom stereocenters. The van der Waals surface area contributed by atoms with Gasteiger partial charge in [0.15, 0.2) is 0 Å². The first-order valence-corrected chi connectivity index (χ1v) is 7.89. The molecule has 0 spiro atoms. The summed E-state index contributed by atoms with van der Waals surface area (Å²) in [4.78, 5) is 24.9. The molecule has 3 rings (SSSR count). The van der Waals surface area contributed by atoms with Crippen molar-refractivity contribution in [2.75, 3.05) is 12.8 Å². The number of aromatic nitrogens is 1. The molecule has 0 aliphatic heterocycles. The zero-order valence-corrected chi connectivity index (χ0v) is 14.2. The number of hydrogen-bond donors (Lipinski definition) is 1. The van der Waals surface area contributed by atoms with Gasteiger partial charge in [-0.25, -0.2) is 4.79 Å². The normalized spacial score (nSPS) is 11.6. The summed E-state index contributed by atoms with van der Waals surface area (Å²) < 4.78 is 45.2. The number of fused-ring (bicyclic) bond motifs is 1. The number of ether oxygens (including phenoxy) is 1. The Balaban J connectivity index is 2.37.